The van der Waals surface area contributed by atoms with Gasteiger partial charge in [0.2, 0.25) is 5.91 Å². The van der Waals surface area contributed by atoms with Crippen molar-refractivity contribution in [1.29, 1.82) is 0 Å². The molecule has 1 amide bonds. The number of terminal acetylenes is 1. The summed E-state index contributed by atoms with van der Waals surface area (Å²) >= 11 is 0. The van der Waals surface area contributed by atoms with E-state index in [1.165, 1.54) is 0 Å². The molecular formula is C10H16N2O. The normalized spacial score (nSPS) is 27.3. The molecule has 0 aromatic carbocycles. The number of rotatable bonds is 2. The topological polar surface area (TPSA) is 46.3 Å². The summed E-state index contributed by atoms with van der Waals surface area (Å²) in [5.41, 5.74) is 5.80. The van der Waals surface area contributed by atoms with Gasteiger partial charge in [0.15, 0.2) is 0 Å². The quantitative estimate of drug-likeness (QED) is 0.617. The largest absolute Gasteiger partial charge is 0.341 e. The molecule has 1 rings (SSSR count). The number of nitrogens with two attached hydrogens (primary N) is 1. The Morgan fingerprint density at radius 2 is 2.38 bits per heavy atom. The van der Waals surface area contributed by atoms with Crippen molar-refractivity contribution in [1.82, 2.24) is 4.90 Å². The van der Waals surface area contributed by atoms with Gasteiger partial charge in [-0.25, -0.2) is 0 Å². The van der Waals surface area contributed by atoms with Crippen LogP contribution in [0.5, 0.6) is 0 Å². The molecule has 1 aliphatic heterocycles. The SMILES string of the molecule is C#CCCC(=O)N1CC(C)C(N)C1. The van der Waals surface area contributed by atoms with E-state index < -0.39 is 0 Å². The fourth-order valence-corrected chi connectivity index (χ4v) is 1.53. The minimum Gasteiger partial charge on any atom is -0.341 e. The van der Waals surface area contributed by atoms with Crippen molar-refractivity contribution < 1.29 is 4.79 Å². The van der Waals surface area contributed by atoms with Gasteiger partial charge in [0, 0.05) is 32.0 Å². The lowest BCUT2D eigenvalue weighted by Crippen LogP contribution is -2.31. The highest BCUT2D eigenvalue weighted by Crippen LogP contribution is 2.15. The summed E-state index contributed by atoms with van der Waals surface area (Å²) < 4.78 is 0. The fraction of sp³-hybridized carbons (Fsp3) is 0.700. The van der Waals surface area contributed by atoms with Gasteiger partial charge in [-0.1, -0.05) is 6.92 Å². The van der Waals surface area contributed by atoms with E-state index in [9.17, 15) is 4.79 Å². The fourth-order valence-electron chi connectivity index (χ4n) is 1.53. The highest BCUT2D eigenvalue weighted by Gasteiger charge is 2.28. The van der Waals surface area contributed by atoms with E-state index in [0.717, 1.165) is 6.54 Å². The lowest BCUT2D eigenvalue weighted by atomic mass is 10.1. The first-order valence-electron chi connectivity index (χ1n) is 4.62. The molecule has 1 aliphatic rings. The zero-order valence-corrected chi connectivity index (χ0v) is 7.99. The van der Waals surface area contributed by atoms with Gasteiger partial charge in [-0.15, -0.1) is 12.3 Å². The van der Waals surface area contributed by atoms with Crippen LogP contribution in [0.3, 0.4) is 0 Å². The van der Waals surface area contributed by atoms with Crippen molar-refractivity contribution in [2.45, 2.75) is 25.8 Å². The van der Waals surface area contributed by atoms with Crippen molar-refractivity contribution in [2.24, 2.45) is 11.7 Å². The second kappa shape index (κ2) is 4.29. The zero-order valence-electron chi connectivity index (χ0n) is 7.99. The maximum Gasteiger partial charge on any atom is 0.223 e. The van der Waals surface area contributed by atoms with Crippen molar-refractivity contribution >= 4 is 5.91 Å². The molecule has 13 heavy (non-hydrogen) atoms. The van der Waals surface area contributed by atoms with Crippen LogP contribution in [-0.2, 0) is 4.79 Å². The molecule has 2 unspecified atom stereocenters. The van der Waals surface area contributed by atoms with Crippen molar-refractivity contribution in [3.8, 4) is 12.3 Å². The maximum atomic E-state index is 11.5. The van der Waals surface area contributed by atoms with Gasteiger partial charge in [0.05, 0.1) is 0 Å². The van der Waals surface area contributed by atoms with Crippen molar-refractivity contribution in [2.75, 3.05) is 13.1 Å². The number of hydrogen-bond acceptors (Lipinski definition) is 2. The molecule has 3 nitrogen and oxygen atoms in total. The Morgan fingerprint density at radius 1 is 1.69 bits per heavy atom. The first kappa shape index (κ1) is 10.1. The minimum absolute atomic E-state index is 0.134. The Bertz CT molecular complexity index is 222. The van der Waals surface area contributed by atoms with Gasteiger partial charge in [-0.2, -0.15) is 0 Å². The first-order chi connectivity index (χ1) is 6.15. The van der Waals surface area contributed by atoms with Crippen LogP contribution < -0.4 is 5.73 Å². The van der Waals surface area contributed by atoms with Crippen LogP contribution in [0.2, 0.25) is 0 Å². The summed E-state index contributed by atoms with van der Waals surface area (Å²) in [6.45, 7) is 3.54. The summed E-state index contributed by atoms with van der Waals surface area (Å²) in [4.78, 5) is 13.3. The smallest absolute Gasteiger partial charge is 0.223 e. The molecule has 1 fully saturated rings. The van der Waals surface area contributed by atoms with E-state index in [-0.39, 0.29) is 11.9 Å². The van der Waals surface area contributed by atoms with E-state index in [1.807, 2.05) is 4.90 Å². The molecule has 0 saturated carbocycles. The Labute approximate surface area is 79.3 Å². The molecule has 2 N–H and O–H groups in total. The monoisotopic (exact) mass is 180 g/mol. The van der Waals surface area contributed by atoms with Crippen LogP contribution in [0.1, 0.15) is 19.8 Å². The van der Waals surface area contributed by atoms with Gasteiger partial charge in [0.1, 0.15) is 0 Å². The Balaban J connectivity index is 2.38. The maximum absolute atomic E-state index is 11.5. The molecule has 0 aromatic heterocycles. The average Bonchev–Trinajstić information content (AvgIpc) is 2.43. The number of likely N-dealkylation sites (tertiary alicyclic amines) is 1. The average molecular weight is 180 g/mol. The Kier molecular flexibility index (Phi) is 3.32. The van der Waals surface area contributed by atoms with Gasteiger partial charge < -0.3 is 10.6 Å². The molecule has 72 valence electrons. The summed E-state index contributed by atoms with van der Waals surface area (Å²) in [7, 11) is 0. The van der Waals surface area contributed by atoms with Crippen LogP contribution in [0.15, 0.2) is 0 Å². The van der Waals surface area contributed by atoms with Crippen LogP contribution in [0, 0.1) is 18.3 Å². The van der Waals surface area contributed by atoms with Crippen LogP contribution in [-0.4, -0.2) is 29.9 Å². The predicted octanol–water partition coefficient (Wildman–Crippen LogP) is 0.205. The molecule has 0 bridgehead atoms. The third-order valence-corrected chi connectivity index (χ3v) is 2.51. The molecule has 1 saturated heterocycles. The molecule has 1 heterocycles. The zero-order chi connectivity index (χ0) is 9.84. The van der Waals surface area contributed by atoms with Crippen LogP contribution in [0.25, 0.3) is 0 Å². The van der Waals surface area contributed by atoms with E-state index in [1.54, 1.807) is 0 Å². The second-order valence-corrected chi connectivity index (χ2v) is 3.64. The first-order valence-corrected chi connectivity index (χ1v) is 4.62. The van der Waals surface area contributed by atoms with E-state index in [2.05, 4.69) is 12.8 Å². The molecule has 3 heteroatoms. The minimum atomic E-state index is 0.134. The number of carbonyl (C=O) groups is 1. The summed E-state index contributed by atoms with van der Waals surface area (Å²) in [5.74, 6) is 3.01. The molecule has 2 atom stereocenters. The molecule has 0 aliphatic carbocycles. The lowest BCUT2D eigenvalue weighted by molar-refractivity contribution is -0.130. The van der Waals surface area contributed by atoms with E-state index in [4.69, 9.17) is 12.2 Å². The number of hydrogen-bond donors (Lipinski definition) is 1. The summed E-state index contributed by atoms with van der Waals surface area (Å²) in [6.07, 6.45) is 6.07. The standard InChI is InChI=1S/C10H16N2O/c1-3-4-5-10(13)12-6-8(2)9(11)7-12/h1,8-9H,4-7,11H2,2H3. The van der Waals surface area contributed by atoms with Crippen molar-refractivity contribution in [3.05, 3.63) is 0 Å². The van der Waals surface area contributed by atoms with Gasteiger partial charge in [0.25, 0.3) is 0 Å². The predicted molar refractivity (Wildman–Crippen MR) is 51.8 cm³/mol. The Morgan fingerprint density at radius 3 is 2.85 bits per heavy atom. The van der Waals surface area contributed by atoms with E-state index >= 15 is 0 Å². The summed E-state index contributed by atoms with van der Waals surface area (Å²) in [5, 5.41) is 0. The Hall–Kier alpha value is -1.01. The van der Waals surface area contributed by atoms with Crippen LogP contribution >= 0.6 is 0 Å². The summed E-state index contributed by atoms with van der Waals surface area (Å²) in [6, 6.07) is 0.134. The third-order valence-electron chi connectivity index (χ3n) is 2.51. The highest BCUT2D eigenvalue weighted by atomic mass is 16.2. The molecule has 0 aromatic rings. The van der Waals surface area contributed by atoms with Crippen molar-refractivity contribution in [3.63, 3.8) is 0 Å². The number of amides is 1. The van der Waals surface area contributed by atoms with Gasteiger partial charge in [-0.3, -0.25) is 4.79 Å². The van der Waals surface area contributed by atoms with E-state index in [0.29, 0.717) is 25.3 Å². The van der Waals surface area contributed by atoms with Gasteiger partial charge in [-0.05, 0) is 5.92 Å². The molecular weight excluding hydrogens is 164 g/mol. The molecule has 0 spiro atoms. The molecule has 0 radical (unpaired) electrons. The third kappa shape index (κ3) is 2.46. The second-order valence-electron chi connectivity index (χ2n) is 3.64. The van der Waals surface area contributed by atoms with Gasteiger partial charge >= 0.3 is 0 Å². The number of carbonyl (C=O) groups excluding carboxylic acids is 1. The van der Waals surface area contributed by atoms with Crippen LogP contribution in [0.4, 0.5) is 0 Å². The lowest BCUT2D eigenvalue weighted by Gasteiger charge is -2.14. The highest BCUT2D eigenvalue weighted by molar-refractivity contribution is 5.76. The number of nitrogens with zero attached hydrogens (tertiary/aromatic N) is 1.